The summed E-state index contributed by atoms with van der Waals surface area (Å²) in [4.78, 5) is 25.7. The number of carbonyl (C=O) groups is 2. The van der Waals surface area contributed by atoms with Crippen molar-refractivity contribution in [1.82, 2.24) is 5.32 Å². The topological polar surface area (TPSA) is 76.7 Å². The number of ether oxygens (including phenoxy) is 2. The van der Waals surface area contributed by atoms with Gasteiger partial charge in [0.2, 0.25) is 5.91 Å². The molecule has 166 valence electrons. The molecule has 0 fully saturated rings. The molecule has 2 N–H and O–H groups in total. The summed E-state index contributed by atoms with van der Waals surface area (Å²) in [5.41, 5.74) is 1.17. The Balaban J connectivity index is 1.49. The summed E-state index contributed by atoms with van der Waals surface area (Å²) in [6.07, 6.45) is 0. The first-order chi connectivity index (χ1) is 15.5. The molecule has 6 nitrogen and oxygen atoms in total. The van der Waals surface area contributed by atoms with Gasteiger partial charge < -0.3 is 20.1 Å². The summed E-state index contributed by atoms with van der Waals surface area (Å²) >= 11 is 7.15. The molecule has 2 amide bonds. The minimum atomic E-state index is -0.221. The molecule has 0 radical (unpaired) electrons. The van der Waals surface area contributed by atoms with Crippen LogP contribution < -0.4 is 20.1 Å². The molecule has 0 bridgehead atoms. The predicted octanol–water partition coefficient (Wildman–Crippen LogP) is 4.89. The summed E-state index contributed by atoms with van der Waals surface area (Å²) < 4.78 is 10.8. The molecular formula is C24H23ClN2O4S. The van der Waals surface area contributed by atoms with E-state index in [9.17, 15) is 9.59 Å². The van der Waals surface area contributed by atoms with Crippen LogP contribution >= 0.6 is 23.4 Å². The normalized spacial score (nSPS) is 10.3. The number of hydrogen-bond donors (Lipinski definition) is 2. The Morgan fingerprint density at radius 1 is 0.969 bits per heavy atom. The standard InChI is InChI=1S/C24H23ClN2O4S/c1-30-20-6-4-5-18(15-20)27-23(28)16-32-22-8-3-2-7-21(22)24(29)26-13-14-31-19-11-9-17(25)10-12-19/h2-12,15H,13-14,16H2,1H3,(H,26,29)(H,27,28). The molecule has 0 aromatic heterocycles. The van der Waals surface area contributed by atoms with Gasteiger partial charge in [-0.25, -0.2) is 0 Å². The molecule has 3 aromatic carbocycles. The summed E-state index contributed by atoms with van der Waals surface area (Å²) in [7, 11) is 1.57. The Labute approximate surface area is 196 Å². The van der Waals surface area contributed by atoms with E-state index in [0.29, 0.717) is 40.9 Å². The van der Waals surface area contributed by atoms with E-state index in [2.05, 4.69) is 10.6 Å². The van der Waals surface area contributed by atoms with Crippen LogP contribution in [0.15, 0.2) is 77.7 Å². The first-order valence-corrected chi connectivity index (χ1v) is 11.2. The Hall–Kier alpha value is -3.16. The minimum Gasteiger partial charge on any atom is -0.497 e. The SMILES string of the molecule is COc1cccc(NC(=O)CSc2ccccc2C(=O)NCCOc2ccc(Cl)cc2)c1. The molecule has 0 aliphatic heterocycles. The highest BCUT2D eigenvalue weighted by Crippen LogP contribution is 2.23. The lowest BCUT2D eigenvalue weighted by Crippen LogP contribution is -2.28. The molecule has 32 heavy (non-hydrogen) atoms. The summed E-state index contributed by atoms with van der Waals surface area (Å²) in [6, 6.07) is 21.4. The third-order valence-corrected chi connectivity index (χ3v) is 5.64. The maximum atomic E-state index is 12.6. The fourth-order valence-electron chi connectivity index (χ4n) is 2.78. The number of nitrogens with one attached hydrogen (secondary N) is 2. The van der Waals surface area contributed by atoms with E-state index in [1.807, 2.05) is 12.1 Å². The third kappa shape index (κ3) is 7.21. The van der Waals surface area contributed by atoms with Crippen LogP contribution in [0.4, 0.5) is 5.69 Å². The zero-order valence-electron chi connectivity index (χ0n) is 17.5. The first kappa shape index (κ1) is 23.5. The first-order valence-electron chi connectivity index (χ1n) is 9.87. The summed E-state index contributed by atoms with van der Waals surface area (Å²) in [5, 5.41) is 6.31. The number of anilines is 1. The molecule has 0 spiro atoms. The van der Waals surface area contributed by atoms with Gasteiger partial charge in [0.05, 0.1) is 25.0 Å². The van der Waals surface area contributed by atoms with Gasteiger partial charge in [-0.2, -0.15) is 0 Å². The van der Waals surface area contributed by atoms with Crippen LogP contribution in [-0.2, 0) is 4.79 Å². The number of carbonyl (C=O) groups excluding carboxylic acids is 2. The fourth-order valence-corrected chi connectivity index (χ4v) is 3.76. The summed E-state index contributed by atoms with van der Waals surface area (Å²) in [6.45, 7) is 0.669. The van der Waals surface area contributed by atoms with E-state index in [4.69, 9.17) is 21.1 Å². The van der Waals surface area contributed by atoms with Crippen molar-refractivity contribution in [2.24, 2.45) is 0 Å². The molecule has 3 rings (SSSR count). The van der Waals surface area contributed by atoms with E-state index < -0.39 is 0 Å². The molecule has 3 aromatic rings. The third-order valence-electron chi connectivity index (χ3n) is 4.31. The number of amides is 2. The zero-order chi connectivity index (χ0) is 22.8. The molecule has 0 saturated heterocycles. The van der Waals surface area contributed by atoms with Gasteiger partial charge in [0.15, 0.2) is 0 Å². The molecule has 0 unspecified atom stereocenters. The molecular weight excluding hydrogens is 448 g/mol. The lowest BCUT2D eigenvalue weighted by Gasteiger charge is -2.11. The van der Waals surface area contributed by atoms with Gasteiger partial charge in [-0.05, 0) is 48.5 Å². The van der Waals surface area contributed by atoms with Gasteiger partial charge in [-0.3, -0.25) is 9.59 Å². The quantitative estimate of drug-likeness (QED) is 0.326. The average Bonchev–Trinajstić information content (AvgIpc) is 2.82. The Morgan fingerprint density at radius 3 is 2.53 bits per heavy atom. The lowest BCUT2D eigenvalue weighted by molar-refractivity contribution is -0.113. The van der Waals surface area contributed by atoms with Crippen molar-refractivity contribution in [2.45, 2.75) is 4.90 Å². The van der Waals surface area contributed by atoms with Crippen LogP contribution in [0.25, 0.3) is 0 Å². The van der Waals surface area contributed by atoms with Crippen molar-refractivity contribution in [3.05, 3.63) is 83.4 Å². The molecule has 0 atom stereocenters. The lowest BCUT2D eigenvalue weighted by atomic mass is 10.2. The minimum absolute atomic E-state index is 0.168. The van der Waals surface area contributed by atoms with Gasteiger partial charge in [0.25, 0.3) is 5.91 Å². The van der Waals surface area contributed by atoms with Crippen molar-refractivity contribution in [1.29, 1.82) is 0 Å². The number of rotatable bonds is 10. The molecule has 8 heteroatoms. The number of benzene rings is 3. The van der Waals surface area contributed by atoms with Gasteiger partial charge in [-0.15, -0.1) is 11.8 Å². The van der Waals surface area contributed by atoms with Crippen molar-refractivity contribution < 1.29 is 19.1 Å². The van der Waals surface area contributed by atoms with Gasteiger partial charge >= 0.3 is 0 Å². The number of halogens is 1. The largest absolute Gasteiger partial charge is 0.497 e. The Kier molecular flexibility index (Phi) is 8.83. The van der Waals surface area contributed by atoms with Crippen LogP contribution in [-0.4, -0.2) is 37.8 Å². The molecule has 0 aliphatic rings. The van der Waals surface area contributed by atoms with E-state index in [1.54, 1.807) is 67.8 Å². The van der Waals surface area contributed by atoms with E-state index in [1.165, 1.54) is 11.8 Å². The van der Waals surface area contributed by atoms with E-state index in [0.717, 1.165) is 4.90 Å². The van der Waals surface area contributed by atoms with Crippen molar-refractivity contribution in [2.75, 3.05) is 31.3 Å². The maximum Gasteiger partial charge on any atom is 0.252 e. The van der Waals surface area contributed by atoms with Crippen molar-refractivity contribution in [3.8, 4) is 11.5 Å². The Morgan fingerprint density at radius 2 is 1.75 bits per heavy atom. The second-order valence-corrected chi connectivity index (χ2v) is 8.08. The average molecular weight is 471 g/mol. The zero-order valence-corrected chi connectivity index (χ0v) is 19.0. The van der Waals surface area contributed by atoms with Gasteiger partial charge in [0.1, 0.15) is 18.1 Å². The van der Waals surface area contributed by atoms with Crippen molar-refractivity contribution >= 4 is 40.9 Å². The fraction of sp³-hybridized carbons (Fsp3) is 0.167. The second kappa shape index (κ2) is 12.0. The summed E-state index contributed by atoms with van der Waals surface area (Å²) in [5.74, 6) is 1.12. The van der Waals surface area contributed by atoms with Gasteiger partial charge in [-0.1, -0.05) is 29.8 Å². The number of methoxy groups -OCH3 is 1. The van der Waals surface area contributed by atoms with Crippen LogP contribution in [0.1, 0.15) is 10.4 Å². The molecule has 0 heterocycles. The smallest absolute Gasteiger partial charge is 0.252 e. The van der Waals surface area contributed by atoms with Crippen molar-refractivity contribution in [3.63, 3.8) is 0 Å². The number of thioether (sulfide) groups is 1. The van der Waals surface area contributed by atoms with E-state index >= 15 is 0 Å². The van der Waals surface area contributed by atoms with Crippen LogP contribution in [0.2, 0.25) is 5.02 Å². The molecule has 0 saturated carbocycles. The monoisotopic (exact) mass is 470 g/mol. The van der Waals surface area contributed by atoms with Crippen LogP contribution in [0.5, 0.6) is 11.5 Å². The van der Waals surface area contributed by atoms with Crippen LogP contribution in [0, 0.1) is 0 Å². The highest BCUT2D eigenvalue weighted by molar-refractivity contribution is 8.00. The molecule has 0 aliphatic carbocycles. The van der Waals surface area contributed by atoms with Crippen LogP contribution in [0.3, 0.4) is 0 Å². The van der Waals surface area contributed by atoms with Gasteiger partial charge in [0, 0.05) is 21.7 Å². The maximum absolute atomic E-state index is 12.6. The number of hydrogen-bond acceptors (Lipinski definition) is 5. The second-order valence-electron chi connectivity index (χ2n) is 6.62. The van der Waals surface area contributed by atoms with E-state index in [-0.39, 0.29) is 17.6 Å². The Bertz CT molecular complexity index is 1060. The predicted molar refractivity (Wildman–Crippen MR) is 128 cm³/mol. The highest BCUT2D eigenvalue weighted by Gasteiger charge is 2.13. The highest BCUT2D eigenvalue weighted by atomic mass is 35.5.